The Balaban J connectivity index is 1.27. The maximum atomic E-state index is 5.94. The van der Waals surface area contributed by atoms with E-state index in [-0.39, 0.29) is 6.10 Å². The molecular weight excluding hydrogens is 408 g/mol. The highest BCUT2D eigenvalue weighted by atomic mass is 16.6. The van der Waals surface area contributed by atoms with Crippen molar-refractivity contribution in [3.8, 4) is 11.5 Å². The normalized spacial score (nSPS) is 15.3. The van der Waals surface area contributed by atoms with Crippen LogP contribution in [0.5, 0.6) is 11.5 Å². The molecule has 1 unspecified atom stereocenters. The van der Waals surface area contributed by atoms with Crippen LogP contribution in [0.1, 0.15) is 29.4 Å². The van der Waals surface area contributed by atoms with Gasteiger partial charge in [0, 0.05) is 42.2 Å². The Labute approximate surface area is 193 Å². The number of pyridine rings is 1. The summed E-state index contributed by atoms with van der Waals surface area (Å²) in [5.74, 6) is 1.64. The highest BCUT2D eigenvalue weighted by molar-refractivity contribution is 5.82. The molecule has 3 heterocycles. The second kappa shape index (κ2) is 7.96. The summed E-state index contributed by atoms with van der Waals surface area (Å²) in [5.41, 5.74) is 7.10. The lowest BCUT2D eigenvalue weighted by Crippen LogP contribution is -2.25. The molecule has 4 heteroatoms. The second-order valence-corrected chi connectivity index (χ2v) is 8.96. The van der Waals surface area contributed by atoms with E-state index in [1.807, 2.05) is 13.0 Å². The van der Waals surface area contributed by atoms with Gasteiger partial charge in [0.2, 0.25) is 0 Å². The van der Waals surface area contributed by atoms with E-state index in [2.05, 4.69) is 84.4 Å². The lowest BCUT2D eigenvalue weighted by Gasteiger charge is -2.24. The Morgan fingerprint density at radius 1 is 0.848 bits per heavy atom. The topological polar surface area (TPSA) is 36.3 Å². The second-order valence-electron chi connectivity index (χ2n) is 8.96. The van der Waals surface area contributed by atoms with E-state index in [0.29, 0.717) is 6.61 Å². The summed E-state index contributed by atoms with van der Waals surface area (Å²) in [7, 11) is 2.14. The van der Waals surface area contributed by atoms with Crippen molar-refractivity contribution in [2.45, 2.75) is 25.9 Å². The van der Waals surface area contributed by atoms with E-state index in [0.717, 1.165) is 40.9 Å². The number of benzene rings is 3. The molecule has 0 amide bonds. The average Bonchev–Trinajstić information content (AvgIpc) is 3.14. The van der Waals surface area contributed by atoms with Crippen molar-refractivity contribution in [1.82, 2.24) is 9.55 Å². The van der Waals surface area contributed by atoms with Crippen LogP contribution in [-0.2, 0) is 19.9 Å². The molecule has 1 aliphatic heterocycles. The molecule has 0 bridgehead atoms. The van der Waals surface area contributed by atoms with Crippen LogP contribution < -0.4 is 9.47 Å². The minimum Gasteiger partial charge on any atom is -0.486 e. The largest absolute Gasteiger partial charge is 0.486 e. The first-order valence-electron chi connectivity index (χ1n) is 11.5. The predicted octanol–water partition coefficient (Wildman–Crippen LogP) is 6.07. The fourth-order valence-corrected chi connectivity index (χ4v) is 4.68. The van der Waals surface area contributed by atoms with Crippen LogP contribution in [0, 0.1) is 0 Å². The number of hydrogen-bond donors (Lipinski definition) is 0. The fourth-order valence-electron chi connectivity index (χ4n) is 4.68. The highest BCUT2D eigenvalue weighted by Crippen LogP contribution is 2.33. The van der Waals surface area contributed by atoms with E-state index in [9.17, 15) is 0 Å². The minimum atomic E-state index is 0.0757. The van der Waals surface area contributed by atoms with Crippen LogP contribution in [0.3, 0.4) is 0 Å². The Bertz CT molecular complexity index is 1480. The van der Waals surface area contributed by atoms with E-state index in [4.69, 9.17) is 14.5 Å². The number of rotatable bonds is 4. The zero-order valence-electron chi connectivity index (χ0n) is 18.9. The molecule has 1 aliphatic rings. The summed E-state index contributed by atoms with van der Waals surface area (Å²) < 4.78 is 14.0. The zero-order valence-corrected chi connectivity index (χ0v) is 18.9. The SMILES string of the molecule is CC1COc2ccc(Cc3ccc4ccc(Cc5cc6ccccc6n5C)cc4n3)cc2O1. The molecule has 33 heavy (non-hydrogen) atoms. The summed E-state index contributed by atoms with van der Waals surface area (Å²) in [6.07, 6.45) is 1.72. The van der Waals surface area contributed by atoms with Gasteiger partial charge in [-0.25, -0.2) is 0 Å². The average molecular weight is 435 g/mol. The predicted molar refractivity (Wildman–Crippen MR) is 132 cm³/mol. The van der Waals surface area contributed by atoms with Gasteiger partial charge < -0.3 is 14.0 Å². The lowest BCUT2D eigenvalue weighted by molar-refractivity contribution is 0.104. The molecule has 0 radical (unpaired) electrons. The number of aryl methyl sites for hydroxylation is 1. The van der Waals surface area contributed by atoms with Crippen molar-refractivity contribution >= 4 is 21.8 Å². The van der Waals surface area contributed by atoms with Crippen molar-refractivity contribution in [2.24, 2.45) is 7.05 Å². The number of hydrogen-bond acceptors (Lipinski definition) is 3. The minimum absolute atomic E-state index is 0.0757. The van der Waals surface area contributed by atoms with Crippen molar-refractivity contribution in [3.05, 3.63) is 101 Å². The third-order valence-electron chi connectivity index (χ3n) is 6.45. The lowest BCUT2D eigenvalue weighted by atomic mass is 10.0. The van der Waals surface area contributed by atoms with Gasteiger partial charge in [-0.05, 0) is 59.8 Å². The van der Waals surface area contributed by atoms with Crippen LogP contribution in [0.25, 0.3) is 21.8 Å². The molecule has 6 rings (SSSR count). The van der Waals surface area contributed by atoms with Crippen molar-refractivity contribution in [1.29, 1.82) is 0 Å². The van der Waals surface area contributed by atoms with E-state index < -0.39 is 0 Å². The first-order chi connectivity index (χ1) is 16.1. The van der Waals surface area contributed by atoms with Crippen molar-refractivity contribution in [3.63, 3.8) is 0 Å². The molecule has 1 atom stereocenters. The Morgan fingerprint density at radius 2 is 1.67 bits per heavy atom. The third kappa shape index (κ3) is 3.82. The van der Waals surface area contributed by atoms with E-state index in [1.165, 1.54) is 27.7 Å². The number of ether oxygens (including phenoxy) is 2. The molecular formula is C29H26N2O2. The first kappa shape index (κ1) is 19.9. The number of aromatic nitrogens is 2. The summed E-state index contributed by atoms with van der Waals surface area (Å²) in [6, 6.07) is 27.9. The summed E-state index contributed by atoms with van der Waals surface area (Å²) in [6.45, 7) is 2.62. The highest BCUT2D eigenvalue weighted by Gasteiger charge is 2.17. The first-order valence-corrected chi connectivity index (χ1v) is 11.5. The van der Waals surface area contributed by atoms with Gasteiger partial charge in [-0.2, -0.15) is 0 Å². The summed E-state index contributed by atoms with van der Waals surface area (Å²) in [4.78, 5) is 4.99. The van der Waals surface area contributed by atoms with Crippen LogP contribution in [0.2, 0.25) is 0 Å². The molecule has 0 saturated carbocycles. The zero-order chi connectivity index (χ0) is 22.4. The quantitative estimate of drug-likeness (QED) is 0.345. The Kier molecular flexibility index (Phi) is 4.79. The van der Waals surface area contributed by atoms with Crippen LogP contribution in [0.4, 0.5) is 0 Å². The van der Waals surface area contributed by atoms with Crippen molar-refractivity contribution < 1.29 is 9.47 Å². The summed E-state index contributed by atoms with van der Waals surface area (Å²) in [5, 5.41) is 2.44. The van der Waals surface area contributed by atoms with Crippen molar-refractivity contribution in [2.75, 3.05) is 6.61 Å². The molecule has 4 nitrogen and oxygen atoms in total. The van der Waals surface area contributed by atoms with Gasteiger partial charge in [0.15, 0.2) is 11.5 Å². The maximum absolute atomic E-state index is 5.94. The number of fused-ring (bicyclic) bond motifs is 3. The number of nitrogens with zero attached hydrogens (tertiary/aromatic N) is 2. The molecule has 0 N–H and O–H groups in total. The molecule has 2 aromatic heterocycles. The molecule has 0 fully saturated rings. The molecule has 3 aromatic carbocycles. The van der Waals surface area contributed by atoms with Gasteiger partial charge in [-0.1, -0.05) is 42.5 Å². The maximum Gasteiger partial charge on any atom is 0.162 e. The third-order valence-corrected chi connectivity index (χ3v) is 6.45. The van der Waals surface area contributed by atoms with Crippen LogP contribution >= 0.6 is 0 Å². The monoisotopic (exact) mass is 434 g/mol. The van der Waals surface area contributed by atoms with E-state index in [1.54, 1.807) is 0 Å². The Hall–Kier alpha value is -3.79. The van der Waals surface area contributed by atoms with Gasteiger partial charge in [-0.3, -0.25) is 4.98 Å². The smallest absolute Gasteiger partial charge is 0.162 e. The number of para-hydroxylation sites is 1. The molecule has 5 aromatic rings. The van der Waals surface area contributed by atoms with Gasteiger partial charge in [0.1, 0.15) is 12.7 Å². The standard InChI is InChI=1S/C29H26N2O2/c1-19-18-32-28-12-8-20(16-29(28)33-19)13-24-11-10-22-9-7-21(15-26(22)30-24)14-25-17-23-5-3-4-6-27(23)31(25)2/h3-12,15-17,19H,13-14,18H2,1-2H3. The Morgan fingerprint density at radius 3 is 2.58 bits per heavy atom. The van der Waals surface area contributed by atoms with Crippen LogP contribution in [0.15, 0.2) is 78.9 Å². The van der Waals surface area contributed by atoms with Gasteiger partial charge in [0.05, 0.1) is 5.52 Å². The molecule has 0 saturated heterocycles. The molecule has 0 aliphatic carbocycles. The molecule has 164 valence electrons. The molecule has 0 spiro atoms. The van der Waals surface area contributed by atoms with E-state index >= 15 is 0 Å². The van der Waals surface area contributed by atoms with Gasteiger partial charge >= 0.3 is 0 Å². The van der Waals surface area contributed by atoms with Gasteiger partial charge in [0.25, 0.3) is 0 Å². The van der Waals surface area contributed by atoms with Gasteiger partial charge in [-0.15, -0.1) is 0 Å². The fraction of sp³-hybridized carbons (Fsp3) is 0.207. The summed E-state index contributed by atoms with van der Waals surface area (Å²) >= 11 is 0. The van der Waals surface area contributed by atoms with Crippen LogP contribution in [-0.4, -0.2) is 22.3 Å².